The summed E-state index contributed by atoms with van der Waals surface area (Å²) in [6, 6.07) is 5.44. The van der Waals surface area contributed by atoms with E-state index in [2.05, 4.69) is 20.3 Å². The Morgan fingerprint density at radius 2 is 2.00 bits per heavy atom. The Morgan fingerprint density at radius 1 is 1.21 bits per heavy atom. The number of alkyl halides is 3. The van der Waals surface area contributed by atoms with Crippen LogP contribution in [0.4, 0.5) is 19.0 Å². The van der Waals surface area contributed by atoms with E-state index in [1.165, 1.54) is 18.5 Å². The highest BCUT2D eigenvalue weighted by molar-refractivity contribution is 5.98. The van der Waals surface area contributed by atoms with Crippen LogP contribution in [0.15, 0.2) is 47.3 Å². The van der Waals surface area contributed by atoms with Gasteiger partial charge in [-0.3, -0.25) is 4.79 Å². The molecule has 4 rings (SSSR count). The Morgan fingerprint density at radius 3 is 2.64 bits per heavy atom. The summed E-state index contributed by atoms with van der Waals surface area (Å²) in [5.41, 5.74) is 0.656. The topological polar surface area (TPSA) is 84.2 Å². The van der Waals surface area contributed by atoms with E-state index in [1.54, 1.807) is 24.0 Å². The first-order valence-corrected chi connectivity index (χ1v) is 10.2. The van der Waals surface area contributed by atoms with Gasteiger partial charge in [0.15, 0.2) is 0 Å². The molecule has 3 aromatic heterocycles. The fourth-order valence-electron chi connectivity index (χ4n) is 3.84. The van der Waals surface area contributed by atoms with Gasteiger partial charge in [0.05, 0.1) is 17.3 Å². The number of halogens is 4. The lowest BCUT2D eigenvalue weighted by Gasteiger charge is -2.40. The number of nitrogens with zero attached hydrogens (tertiary/aromatic N) is 4. The van der Waals surface area contributed by atoms with Gasteiger partial charge in [0, 0.05) is 30.5 Å². The quantitative estimate of drug-likeness (QED) is 0.565. The molecule has 3 aromatic rings. The van der Waals surface area contributed by atoms with Crippen LogP contribution < -0.4 is 5.32 Å². The number of carbonyl (C=O) groups excluding carboxylic acids is 1. The minimum Gasteiger partial charge on any atom is -0.444 e. The van der Waals surface area contributed by atoms with Gasteiger partial charge in [0.25, 0.3) is 5.91 Å². The van der Waals surface area contributed by atoms with Crippen LogP contribution in [0.1, 0.15) is 41.5 Å². The molecule has 0 unspecified atom stereocenters. The van der Waals surface area contributed by atoms with Crippen LogP contribution in [0.5, 0.6) is 0 Å². The van der Waals surface area contributed by atoms with Gasteiger partial charge in [-0.25, -0.2) is 15.0 Å². The zero-order valence-electron chi connectivity index (χ0n) is 18.0. The molecule has 0 saturated carbocycles. The molecule has 1 saturated heterocycles. The van der Waals surface area contributed by atoms with Gasteiger partial charge in [-0.2, -0.15) is 13.2 Å². The molecular weight excluding hydrogens is 459 g/mol. The first-order valence-electron chi connectivity index (χ1n) is 10.2. The largest absolute Gasteiger partial charge is 0.444 e. The fourth-order valence-corrected chi connectivity index (χ4v) is 3.84. The summed E-state index contributed by atoms with van der Waals surface area (Å²) in [7, 11) is 0. The number of anilines is 1. The second-order valence-electron chi connectivity index (χ2n) is 7.75. The van der Waals surface area contributed by atoms with E-state index in [4.69, 9.17) is 4.42 Å². The Labute approximate surface area is 194 Å². The van der Waals surface area contributed by atoms with E-state index >= 15 is 0 Å². The summed E-state index contributed by atoms with van der Waals surface area (Å²) in [6.07, 6.45) is 0.788. The van der Waals surface area contributed by atoms with Crippen molar-refractivity contribution in [3.05, 3.63) is 59.9 Å². The maximum absolute atomic E-state index is 13.5. The number of hydrogen-bond donors (Lipinski definition) is 1. The van der Waals surface area contributed by atoms with E-state index in [-0.39, 0.29) is 36.1 Å². The predicted molar refractivity (Wildman–Crippen MR) is 118 cm³/mol. The third-order valence-electron chi connectivity index (χ3n) is 5.57. The zero-order valence-corrected chi connectivity index (χ0v) is 18.8. The van der Waals surface area contributed by atoms with Crippen molar-refractivity contribution in [2.45, 2.75) is 44.9 Å². The molecular formula is C22H23ClF3N5O2. The maximum Gasteiger partial charge on any atom is 0.417 e. The summed E-state index contributed by atoms with van der Waals surface area (Å²) >= 11 is 0. The van der Waals surface area contributed by atoms with Crippen molar-refractivity contribution in [3.63, 3.8) is 0 Å². The van der Waals surface area contributed by atoms with E-state index < -0.39 is 11.7 Å². The second kappa shape index (κ2) is 9.78. The summed E-state index contributed by atoms with van der Waals surface area (Å²) in [4.78, 5) is 27.7. The number of aryl methyl sites for hydroxylation is 1. The third-order valence-corrected chi connectivity index (χ3v) is 5.57. The number of amides is 1. The van der Waals surface area contributed by atoms with Crippen molar-refractivity contribution >= 4 is 24.1 Å². The van der Waals surface area contributed by atoms with E-state index in [1.807, 2.05) is 6.92 Å². The van der Waals surface area contributed by atoms with Crippen LogP contribution in [-0.4, -0.2) is 44.4 Å². The van der Waals surface area contributed by atoms with Gasteiger partial charge < -0.3 is 14.6 Å². The average molecular weight is 482 g/mol. The molecule has 176 valence electrons. The zero-order chi connectivity index (χ0) is 22.9. The Hall–Kier alpha value is -3.14. The maximum atomic E-state index is 13.5. The Bertz CT molecular complexity index is 1090. The van der Waals surface area contributed by atoms with Gasteiger partial charge in [0.1, 0.15) is 17.8 Å². The lowest BCUT2D eigenvalue weighted by atomic mass is 9.96. The van der Waals surface area contributed by atoms with Crippen molar-refractivity contribution in [3.8, 4) is 11.5 Å². The van der Waals surface area contributed by atoms with Gasteiger partial charge in [-0.15, -0.1) is 12.4 Å². The highest BCUT2D eigenvalue weighted by Crippen LogP contribution is 2.30. The molecule has 33 heavy (non-hydrogen) atoms. The SMILES string of the molecule is Cc1ccc(-c2ncco2)c(C(=O)N2CCC[C@H](Nc3ccc(C(F)(F)F)cn3)[C@H]2C)n1.Cl. The molecule has 0 radical (unpaired) electrons. The smallest absolute Gasteiger partial charge is 0.417 e. The first kappa shape index (κ1) is 24.5. The normalized spacial score (nSPS) is 18.5. The van der Waals surface area contributed by atoms with E-state index in [9.17, 15) is 18.0 Å². The van der Waals surface area contributed by atoms with Crippen LogP contribution in [0, 0.1) is 6.92 Å². The minimum atomic E-state index is -4.44. The molecule has 1 aliphatic heterocycles. The summed E-state index contributed by atoms with van der Waals surface area (Å²) in [5.74, 6) is 0.397. The third kappa shape index (κ3) is 5.27. The fraction of sp³-hybridized carbons (Fsp3) is 0.364. The van der Waals surface area contributed by atoms with E-state index in [0.717, 1.165) is 25.1 Å². The number of pyridine rings is 2. The summed E-state index contributed by atoms with van der Waals surface area (Å²) in [5, 5.41) is 3.18. The van der Waals surface area contributed by atoms with Crippen LogP contribution in [0.25, 0.3) is 11.5 Å². The number of rotatable bonds is 4. The lowest BCUT2D eigenvalue weighted by Crippen LogP contribution is -2.52. The van der Waals surface area contributed by atoms with Crippen molar-refractivity contribution < 1.29 is 22.4 Å². The number of hydrogen-bond acceptors (Lipinski definition) is 6. The highest BCUT2D eigenvalue weighted by atomic mass is 35.5. The molecule has 0 spiro atoms. The molecule has 0 aromatic carbocycles. The molecule has 1 aliphatic rings. The van der Waals surface area contributed by atoms with Crippen LogP contribution in [0.3, 0.4) is 0 Å². The molecule has 1 amide bonds. The highest BCUT2D eigenvalue weighted by Gasteiger charge is 2.34. The van der Waals surface area contributed by atoms with Gasteiger partial charge >= 0.3 is 6.18 Å². The number of piperidine rings is 1. The lowest BCUT2D eigenvalue weighted by molar-refractivity contribution is -0.137. The van der Waals surface area contributed by atoms with Crippen molar-refractivity contribution in [1.82, 2.24) is 19.9 Å². The van der Waals surface area contributed by atoms with Crippen molar-refractivity contribution in [1.29, 1.82) is 0 Å². The van der Waals surface area contributed by atoms with E-state index in [0.29, 0.717) is 29.5 Å². The molecule has 7 nitrogen and oxygen atoms in total. The van der Waals surface area contributed by atoms with Gasteiger partial charge in [-0.05, 0) is 51.0 Å². The molecule has 2 atom stereocenters. The summed E-state index contributed by atoms with van der Waals surface area (Å²) in [6.45, 7) is 4.25. The van der Waals surface area contributed by atoms with Crippen LogP contribution in [-0.2, 0) is 6.18 Å². The van der Waals surface area contributed by atoms with Crippen LogP contribution >= 0.6 is 12.4 Å². The van der Waals surface area contributed by atoms with Crippen LogP contribution in [0.2, 0.25) is 0 Å². The number of likely N-dealkylation sites (tertiary alicyclic amines) is 1. The second-order valence-corrected chi connectivity index (χ2v) is 7.75. The predicted octanol–water partition coefficient (Wildman–Crippen LogP) is 4.99. The van der Waals surface area contributed by atoms with Gasteiger partial charge in [-0.1, -0.05) is 0 Å². The van der Waals surface area contributed by atoms with Crippen molar-refractivity contribution in [2.75, 3.05) is 11.9 Å². The molecule has 1 fully saturated rings. The monoisotopic (exact) mass is 481 g/mol. The number of aromatic nitrogens is 3. The minimum absolute atomic E-state index is 0. The number of carbonyl (C=O) groups is 1. The molecule has 11 heteroatoms. The van der Waals surface area contributed by atoms with Crippen molar-refractivity contribution in [2.24, 2.45) is 0 Å². The first-order chi connectivity index (χ1) is 15.2. The van der Waals surface area contributed by atoms with Gasteiger partial charge in [0.2, 0.25) is 5.89 Å². The molecule has 1 N–H and O–H groups in total. The molecule has 0 aliphatic carbocycles. The standard InChI is InChI=1S/C22H22F3N5O2.ClH/c1-13-5-7-16(20-26-9-11-32-20)19(28-13)21(31)30-10-3-4-17(14(30)2)29-18-8-6-15(12-27-18)22(23,24)25;/h5-9,11-12,14,17H,3-4,10H2,1-2H3,(H,27,29);1H/t14-,17+;/m1./s1. The molecule has 4 heterocycles. The Balaban J connectivity index is 0.00000306. The number of oxazole rings is 1. The summed E-state index contributed by atoms with van der Waals surface area (Å²) < 4.78 is 43.7. The number of nitrogens with one attached hydrogen (secondary N) is 1. The average Bonchev–Trinajstić information content (AvgIpc) is 3.29. The Kier molecular flexibility index (Phi) is 7.26. The molecule has 0 bridgehead atoms.